The molecule has 0 unspecified atom stereocenters. The number of pyridine rings is 1. The topological polar surface area (TPSA) is 51.2 Å². The van der Waals surface area contributed by atoms with Gasteiger partial charge in [-0.3, -0.25) is 9.78 Å². The van der Waals surface area contributed by atoms with Gasteiger partial charge in [0.15, 0.2) is 5.75 Å². The molecule has 0 atom stereocenters. The minimum atomic E-state index is -0.157. The number of carbonyl (C=O) groups excluding carboxylic acids is 1. The Morgan fingerprint density at radius 1 is 1.24 bits per heavy atom. The molecule has 1 aromatic heterocycles. The predicted octanol–water partition coefficient (Wildman–Crippen LogP) is 2.83. The molecule has 1 amide bonds. The van der Waals surface area contributed by atoms with Gasteiger partial charge < -0.3 is 10.1 Å². The van der Waals surface area contributed by atoms with Crippen molar-refractivity contribution in [1.29, 1.82) is 0 Å². The van der Waals surface area contributed by atoms with Crippen molar-refractivity contribution in [3.63, 3.8) is 0 Å². The van der Waals surface area contributed by atoms with E-state index in [2.05, 4.69) is 10.3 Å². The molecular formula is C13H12N2O2. The van der Waals surface area contributed by atoms with Gasteiger partial charge in [-0.2, -0.15) is 0 Å². The summed E-state index contributed by atoms with van der Waals surface area (Å²) in [6, 6.07) is 11.1. The number of amides is 1. The van der Waals surface area contributed by atoms with Crippen LogP contribution in [0.1, 0.15) is 6.92 Å². The largest absolute Gasteiger partial charge is 0.455 e. The molecular weight excluding hydrogens is 216 g/mol. The highest BCUT2D eigenvalue weighted by atomic mass is 16.5. The summed E-state index contributed by atoms with van der Waals surface area (Å²) in [5, 5.41) is 2.67. The highest BCUT2D eigenvalue weighted by Gasteiger charge is 2.05. The van der Waals surface area contributed by atoms with Crippen molar-refractivity contribution >= 4 is 11.6 Å². The molecule has 4 heteroatoms. The average Bonchev–Trinajstić information content (AvgIpc) is 2.32. The highest BCUT2D eigenvalue weighted by Crippen LogP contribution is 2.27. The van der Waals surface area contributed by atoms with Gasteiger partial charge in [-0.1, -0.05) is 18.2 Å². The first-order chi connectivity index (χ1) is 8.25. The smallest absolute Gasteiger partial charge is 0.221 e. The summed E-state index contributed by atoms with van der Waals surface area (Å²) in [7, 11) is 0. The Balaban J connectivity index is 2.23. The molecule has 0 saturated heterocycles. The standard InChI is InChI=1S/C13H12N2O2/c1-10(16)15-12-9-14-8-7-13(12)17-11-5-3-2-4-6-11/h2-9H,1H3,(H,15,16). The number of anilines is 1. The molecule has 0 bridgehead atoms. The molecule has 2 aromatic rings. The minimum Gasteiger partial charge on any atom is -0.455 e. The van der Waals surface area contributed by atoms with Crippen molar-refractivity contribution in [3.05, 3.63) is 48.8 Å². The molecule has 0 aliphatic rings. The molecule has 1 aromatic carbocycles. The summed E-state index contributed by atoms with van der Waals surface area (Å²) in [5.41, 5.74) is 0.559. The van der Waals surface area contributed by atoms with Gasteiger partial charge in [-0.15, -0.1) is 0 Å². The van der Waals surface area contributed by atoms with E-state index in [1.165, 1.54) is 6.92 Å². The number of benzene rings is 1. The number of aromatic nitrogens is 1. The van der Waals surface area contributed by atoms with Gasteiger partial charge in [-0.05, 0) is 12.1 Å². The van der Waals surface area contributed by atoms with E-state index in [0.29, 0.717) is 17.2 Å². The van der Waals surface area contributed by atoms with Crippen LogP contribution in [0.4, 0.5) is 5.69 Å². The quantitative estimate of drug-likeness (QED) is 0.878. The van der Waals surface area contributed by atoms with E-state index in [0.717, 1.165) is 0 Å². The van der Waals surface area contributed by atoms with E-state index in [1.807, 2.05) is 30.3 Å². The van der Waals surface area contributed by atoms with E-state index >= 15 is 0 Å². The van der Waals surface area contributed by atoms with Crippen molar-refractivity contribution in [2.24, 2.45) is 0 Å². The third-order valence-electron chi connectivity index (χ3n) is 2.06. The molecule has 0 radical (unpaired) electrons. The lowest BCUT2D eigenvalue weighted by atomic mass is 10.3. The van der Waals surface area contributed by atoms with Crippen LogP contribution in [0.2, 0.25) is 0 Å². The normalized spacial score (nSPS) is 9.71. The highest BCUT2D eigenvalue weighted by molar-refractivity contribution is 5.90. The van der Waals surface area contributed by atoms with E-state index in [4.69, 9.17) is 4.74 Å². The summed E-state index contributed by atoms with van der Waals surface area (Å²) >= 11 is 0. The Morgan fingerprint density at radius 2 is 2.00 bits per heavy atom. The average molecular weight is 228 g/mol. The second-order valence-electron chi connectivity index (χ2n) is 3.47. The number of hydrogen-bond acceptors (Lipinski definition) is 3. The Kier molecular flexibility index (Phi) is 3.35. The predicted molar refractivity (Wildman–Crippen MR) is 65.1 cm³/mol. The first-order valence-electron chi connectivity index (χ1n) is 5.20. The monoisotopic (exact) mass is 228 g/mol. The molecule has 0 aliphatic heterocycles. The lowest BCUT2D eigenvalue weighted by molar-refractivity contribution is -0.114. The van der Waals surface area contributed by atoms with Crippen LogP contribution in [0.25, 0.3) is 0 Å². The second-order valence-corrected chi connectivity index (χ2v) is 3.47. The summed E-state index contributed by atoms with van der Waals surface area (Å²) < 4.78 is 5.66. The van der Waals surface area contributed by atoms with Crippen LogP contribution < -0.4 is 10.1 Å². The van der Waals surface area contributed by atoms with Crippen LogP contribution in [-0.4, -0.2) is 10.9 Å². The van der Waals surface area contributed by atoms with Gasteiger partial charge in [0.05, 0.1) is 6.20 Å². The number of ether oxygens (including phenoxy) is 1. The zero-order valence-electron chi connectivity index (χ0n) is 9.38. The summed E-state index contributed by atoms with van der Waals surface area (Å²) in [4.78, 5) is 15.0. The number of para-hydroxylation sites is 1. The van der Waals surface area contributed by atoms with Crippen molar-refractivity contribution in [2.75, 3.05) is 5.32 Å². The molecule has 4 nitrogen and oxygen atoms in total. The molecule has 0 spiro atoms. The number of nitrogens with one attached hydrogen (secondary N) is 1. The van der Waals surface area contributed by atoms with Gasteiger partial charge in [0, 0.05) is 19.2 Å². The maximum atomic E-state index is 11.0. The fourth-order valence-electron chi connectivity index (χ4n) is 1.37. The molecule has 1 N–H and O–H groups in total. The molecule has 1 heterocycles. The van der Waals surface area contributed by atoms with Gasteiger partial charge in [0.25, 0.3) is 0 Å². The van der Waals surface area contributed by atoms with Crippen LogP contribution >= 0.6 is 0 Å². The summed E-state index contributed by atoms with van der Waals surface area (Å²) in [6.07, 6.45) is 3.17. The van der Waals surface area contributed by atoms with E-state index in [1.54, 1.807) is 18.5 Å². The zero-order valence-corrected chi connectivity index (χ0v) is 9.38. The van der Waals surface area contributed by atoms with Crippen LogP contribution in [-0.2, 0) is 4.79 Å². The SMILES string of the molecule is CC(=O)Nc1cnccc1Oc1ccccc1. The van der Waals surface area contributed by atoms with Crippen molar-refractivity contribution in [2.45, 2.75) is 6.92 Å². The van der Waals surface area contributed by atoms with Gasteiger partial charge in [0.2, 0.25) is 5.91 Å². The first-order valence-corrected chi connectivity index (χ1v) is 5.20. The van der Waals surface area contributed by atoms with E-state index in [9.17, 15) is 4.79 Å². The first kappa shape index (κ1) is 11.1. The Labute approximate surface area is 99.3 Å². The van der Waals surface area contributed by atoms with E-state index < -0.39 is 0 Å². The molecule has 2 rings (SSSR count). The maximum Gasteiger partial charge on any atom is 0.221 e. The van der Waals surface area contributed by atoms with Crippen molar-refractivity contribution < 1.29 is 9.53 Å². The molecule has 86 valence electrons. The summed E-state index contributed by atoms with van der Waals surface area (Å²) in [5.74, 6) is 1.13. The second kappa shape index (κ2) is 5.12. The van der Waals surface area contributed by atoms with E-state index in [-0.39, 0.29) is 5.91 Å². The number of carbonyl (C=O) groups is 1. The third kappa shape index (κ3) is 3.04. The molecule has 0 saturated carbocycles. The number of hydrogen-bond donors (Lipinski definition) is 1. The molecule has 0 aliphatic carbocycles. The molecule has 17 heavy (non-hydrogen) atoms. The van der Waals surface area contributed by atoms with Crippen LogP contribution in [0.3, 0.4) is 0 Å². The molecule has 0 fully saturated rings. The maximum absolute atomic E-state index is 11.0. The van der Waals surface area contributed by atoms with Crippen molar-refractivity contribution in [3.8, 4) is 11.5 Å². The van der Waals surface area contributed by atoms with Crippen LogP contribution in [0.5, 0.6) is 11.5 Å². The zero-order chi connectivity index (χ0) is 12.1. The van der Waals surface area contributed by atoms with Gasteiger partial charge in [0.1, 0.15) is 11.4 Å². The third-order valence-corrected chi connectivity index (χ3v) is 2.06. The fraction of sp³-hybridized carbons (Fsp3) is 0.0769. The minimum absolute atomic E-state index is 0.157. The van der Waals surface area contributed by atoms with Crippen LogP contribution in [0.15, 0.2) is 48.8 Å². The number of nitrogens with zero attached hydrogens (tertiary/aromatic N) is 1. The Morgan fingerprint density at radius 3 is 2.71 bits per heavy atom. The Bertz CT molecular complexity index is 512. The lowest BCUT2D eigenvalue weighted by Gasteiger charge is -2.10. The summed E-state index contributed by atoms with van der Waals surface area (Å²) in [6.45, 7) is 1.44. The Hall–Kier alpha value is -2.36. The van der Waals surface area contributed by atoms with Crippen LogP contribution in [0, 0.1) is 0 Å². The lowest BCUT2D eigenvalue weighted by Crippen LogP contribution is -2.07. The van der Waals surface area contributed by atoms with Gasteiger partial charge >= 0.3 is 0 Å². The van der Waals surface area contributed by atoms with Crippen molar-refractivity contribution in [1.82, 2.24) is 4.98 Å². The van der Waals surface area contributed by atoms with Gasteiger partial charge in [-0.25, -0.2) is 0 Å². The number of rotatable bonds is 3. The fourth-order valence-corrected chi connectivity index (χ4v) is 1.37.